The number of hydrogen-bond donors (Lipinski definition) is 3. The molecule has 0 aliphatic carbocycles. The van der Waals surface area contributed by atoms with Crippen molar-refractivity contribution in [2.45, 2.75) is 25.9 Å². The van der Waals surface area contributed by atoms with Crippen LogP contribution in [-0.4, -0.2) is 24.7 Å². The molecule has 0 aliphatic heterocycles. The van der Waals surface area contributed by atoms with Gasteiger partial charge in [-0.05, 0) is 35.2 Å². The van der Waals surface area contributed by atoms with Crippen LogP contribution < -0.4 is 10.6 Å². The molecular weight excluding hydrogens is 288 g/mol. The molecule has 4 nitrogen and oxygen atoms in total. The van der Waals surface area contributed by atoms with Crippen molar-refractivity contribution in [2.75, 3.05) is 13.7 Å². The minimum Gasteiger partial charge on any atom is -0.394 e. The van der Waals surface area contributed by atoms with E-state index in [9.17, 15) is 9.90 Å². The molecule has 23 heavy (non-hydrogen) atoms. The summed E-state index contributed by atoms with van der Waals surface area (Å²) >= 11 is 0. The second-order valence-corrected chi connectivity index (χ2v) is 5.49. The maximum Gasteiger partial charge on any atom is 0.251 e. The standard InChI is InChI=1S/C19H24N2O2/c1-3-14-4-8-16(9-5-14)18(13-22)21-12-15-6-10-17(11-7-15)19(23)20-2/h4-11,18,21-22H,3,12-13H2,1-2H3,(H,20,23). The highest BCUT2D eigenvalue weighted by atomic mass is 16.3. The summed E-state index contributed by atoms with van der Waals surface area (Å²) in [7, 11) is 1.62. The van der Waals surface area contributed by atoms with Gasteiger partial charge in [0.05, 0.1) is 12.6 Å². The number of aryl methyl sites for hydroxylation is 1. The molecule has 0 fully saturated rings. The fourth-order valence-electron chi connectivity index (χ4n) is 2.43. The zero-order valence-electron chi connectivity index (χ0n) is 13.7. The number of hydrogen-bond acceptors (Lipinski definition) is 3. The number of aliphatic hydroxyl groups excluding tert-OH is 1. The van der Waals surface area contributed by atoms with Crippen LogP contribution in [0.3, 0.4) is 0 Å². The number of carbonyl (C=O) groups is 1. The fourth-order valence-corrected chi connectivity index (χ4v) is 2.43. The number of benzene rings is 2. The van der Waals surface area contributed by atoms with Crippen molar-refractivity contribution in [1.82, 2.24) is 10.6 Å². The Morgan fingerprint density at radius 2 is 1.65 bits per heavy atom. The molecule has 2 rings (SSSR count). The van der Waals surface area contributed by atoms with E-state index in [1.165, 1.54) is 5.56 Å². The Hall–Kier alpha value is -2.17. The Kier molecular flexibility index (Phi) is 6.32. The van der Waals surface area contributed by atoms with Crippen LogP contribution in [0.25, 0.3) is 0 Å². The van der Waals surface area contributed by atoms with Gasteiger partial charge in [0.2, 0.25) is 0 Å². The Labute approximate surface area is 137 Å². The molecule has 0 radical (unpaired) electrons. The zero-order valence-corrected chi connectivity index (χ0v) is 13.7. The van der Waals surface area contributed by atoms with Crippen LogP contribution in [0.1, 0.15) is 40.0 Å². The van der Waals surface area contributed by atoms with Crippen LogP contribution in [0.2, 0.25) is 0 Å². The minimum atomic E-state index is -0.0977. The van der Waals surface area contributed by atoms with Crippen LogP contribution in [-0.2, 0) is 13.0 Å². The van der Waals surface area contributed by atoms with Crippen molar-refractivity contribution in [3.63, 3.8) is 0 Å². The lowest BCUT2D eigenvalue weighted by molar-refractivity contribution is 0.0963. The molecule has 0 saturated heterocycles. The maximum absolute atomic E-state index is 11.5. The summed E-state index contributed by atoms with van der Waals surface area (Å²) in [4.78, 5) is 11.5. The van der Waals surface area contributed by atoms with Crippen molar-refractivity contribution in [3.8, 4) is 0 Å². The van der Waals surface area contributed by atoms with Crippen LogP contribution in [0.4, 0.5) is 0 Å². The molecule has 0 heterocycles. The Morgan fingerprint density at radius 1 is 1.04 bits per heavy atom. The van der Waals surface area contributed by atoms with Crippen molar-refractivity contribution in [3.05, 3.63) is 70.8 Å². The average molecular weight is 312 g/mol. The van der Waals surface area contributed by atoms with Gasteiger partial charge in [-0.1, -0.05) is 43.3 Å². The van der Waals surface area contributed by atoms with E-state index in [4.69, 9.17) is 0 Å². The number of carbonyl (C=O) groups excluding carboxylic acids is 1. The number of aliphatic hydroxyl groups is 1. The van der Waals surface area contributed by atoms with Crippen LogP contribution >= 0.6 is 0 Å². The first-order chi connectivity index (χ1) is 11.2. The average Bonchev–Trinajstić information content (AvgIpc) is 2.62. The van der Waals surface area contributed by atoms with E-state index in [1.54, 1.807) is 19.2 Å². The van der Waals surface area contributed by atoms with Gasteiger partial charge >= 0.3 is 0 Å². The maximum atomic E-state index is 11.5. The van der Waals surface area contributed by atoms with E-state index in [1.807, 2.05) is 12.1 Å². The largest absolute Gasteiger partial charge is 0.394 e. The highest BCUT2D eigenvalue weighted by Crippen LogP contribution is 2.15. The predicted molar refractivity (Wildman–Crippen MR) is 92.3 cm³/mol. The predicted octanol–water partition coefficient (Wildman–Crippen LogP) is 2.43. The third kappa shape index (κ3) is 4.65. The fraction of sp³-hybridized carbons (Fsp3) is 0.316. The highest BCUT2D eigenvalue weighted by Gasteiger charge is 2.10. The summed E-state index contributed by atoms with van der Waals surface area (Å²) in [5.74, 6) is -0.0891. The van der Waals surface area contributed by atoms with Crippen molar-refractivity contribution in [2.24, 2.45) is 0 Å². The van der Waals surface area contributed by atoms with E-state index in [2.05, 4.69) is 41.8 Å². The van der Waals surface area contributed by atoms with E-state index in [0.29, 0.717) is 12.1 Å². The topological polar surface area (TPSA) is 61.4 Å². The molecule has 0 aliphatic rings. The van der Waals surface area contributed by atoms with Gasteiger partial charge in [-0.2, -0.15) is 0 Å². The molecule has 4 heteroatoms. The lowest BCUT2D eigenvalue weighted by Crippen LogP contribution is -2.24. The van der Waals surface area contributed by atoms with Crippen molar-refractivity contribution >= 4 is 5.91 Å². The summed E-state index contributed by atoms with van der Waals surface area (Å²) in [6, 6.07) is 15.7. The van der Waals surface area contributed by atoms with E-state index in [-0.39, 0.29) is 18.6 Å². The van der Waals surface area contributed by atoms with Crippen molar-refractivity contribution in [1.29, 1.82) is 0 Å². The summed E-state index contributed by atoms with van der Waals surface area (Å²) in [5, 5.41) is 15.6. The van der Waals surface area contributed by atoms with Crippen LogP contribution in [0.5, 0.6) is 0 Å². The summed E-state index contributed by atoms with van der Waals surface area (Å²) < 4.78 is 0. The first kappa shape index (κ1) is 17.2. The second kappa shape index (κ2) is 8.46. The highest BCUT2D eigenvalue weighted by molar-refractivity contribution is 5.93. The minimum absolute atomic E-state index is 0.0434. The van der Waals surface area contributed by atoms with E-state index < -0.39 is 0 Å². The Morgan fingerprint density at radius 3 is 2.17 bits per heavy atom. The summed E-state index contributed by atoms with van der Waals surface area (Å²) in [6.45, 7) is 2.80. The monoisotopic (exact) mass is 312 g/mol. The van der Waals surface area contributed by atoms with E-state index >= 15 is 0 Å². The summed E-state index contributed by atoms with van der Waals surface area (Å²) in [5.41, 5.74) is 4.08. The molecule has 3 N–H and O–H groups in total. The van der Waals surface area contributed by atoms with Crippen LogP contribution in [0.15, 0.2) is 48.5 Å². The first-order valence-corrected chi connectivity index (χ1v) is 7.92. The van der Waals surface area contributed by atoms with Gasteiger partial charge in [0.15, 0.2) is 0 Å². The third-order valence-electron chi connectivity index (χ3n) is 3.97. The number of rotatable bonds is 7. The molecule has 0 saturated carbocycles. The quantitative estimate of drug-likeness (QED) is 0.736. The molecule has 1 unspecified atom stereocenters. The molecule has 1 atom stereocenters. The Balaban J connectivity index is 1.98. The van der Waals surface area contributed by atoms with E-state index in [0.717, 1.165) is 17.5 Å². The smallest absolute Gasteiger partial charge is 0.251 e. The normalized spacial score (nSPS) is 12.0. The Bertz CT molecular complexity index is 621. The van der Waals surface area contributed by atoms with Gasteiger partial charge in [0, 0.05) is 19.2 Å². The van der Waals surface area contributed by atoms with Gasteiger partial charge in [-0.3, -0.25) is 4.79 Å². The third-order valence-corrected chi connectivity index (χ3v) is 3.97. The molecule has 2 aromatic carbocycles. The zero-order chi connectivity index (χ0) is 16.7. The molecule has 1 amide bonds. The summed E-state index contributed by atoms with van der Waals surface area (Å²) in [6.07, 6.45) is 1.01. The lowest BCUT2D eigenvalue weighted by atomic mass is 10.0. The lowest BCUT2D eigenvalue weighted by Gasteiger charge is -2.17. The molecule has 0 spiro atoms. The molecule has 0 bridgehead atoms. The van der Waals surface area contributed by atoms with Crippen LogP contribution in [0, 0.1) is 0 Å². The van der Waals surface area contributed by atoms with Gasteiger partial charge in [-0.15, -0.1) is 0 Å². The van der Waals surface area contributed by atoms with Gasteiger partial charge < -0.3 is 15.7 Å². The first-order valence-electron chi connectivity index (χ1n) is 7.92. The SMILES string of the molecule is CCc1ccc(C(CO)NCc2ccc(C(=O)NC)cc2)cc1. The second-order valence-electron chi connectivity index (χ2n) is 5.49. The number of amides is 1. The molecular formula is C19H24N2O2. The van der Waals surface area contributed by atoms with Gasteiger partial charge in [-0.25, -0.2) is 0 Å². The molecule has 122 valence electrons. The van der Waals surface area contributed by atoms with Gasteiger partial charge in [0.1, 0.15) is 0 Å². The van der Waals surface area contributed by atoms with Gasteiger partial charge in [0.25, 0.3) is 5.91 Å². The van der Waals surface area contributed by atoms with Crippen molar-refractivity contribution < 1.29 is 9.90 Å². The molecule has 0 aromatic heterocycles. The number of nitrogens with one attached hydrogen (secondary N) is 2. The molecule has 2 aromatic rings.